The Morgan fingerprint density at radius 1 is 1.26 bits per heavy atom. The Balaban J connectivity index is 2.53. The minimum absolute atomic E-state index is 0.356. The summed E-state index contributed by atoms with van der Waals surface area (Å²) in [5, 5.41) is 8.62. The quantitative estimate of drug-likeness (QED) is 0.609. The zero-order chi connectivity index (χ0) is 14.7. The van der Waals surface area contributed by atoms with Gasteiger partial charge in [0.15, 0.2) is 6.79 Å². The number of likely N-dealkylation sites (tertiary alicyclic amines) is 1. The second kappa shape index (κ2) is 5.77. The van der Waals surface area contributed by atoms with Gasteiger partial charge in [-0.05, 0) is 40.5 Å². The largest absolute Gasteiger partial charge is 0.444 e. The summed E-state index contributed by atoms with van der Waals surface area (Å²) in [6.07, 6.45) is 0.654. The molecule has 0 aromatic rings. The van der Waals surface area contributed by atoms with Crippen molar-refractivity contribution in [1.82, 2.24) is 4.90 Å². The topological polar surface area (TPSA) is 76.1 Å². The summed E-state index contributed by atoms with van der Waals surface area (Å²) in [7, 11) is 0. The SMILES string of the molecule is CC(C)(C)OC(=O)N1CCC(C)(C(=O)OCO)CC1. The van der Waals surface area contributed by atoms with Crippen LogP contribution in [0.2, 0.25) is 0 Å². The lowest BCUT2D eigenvalue weighted by molar-refractivity contribution is -0.166. The molecule has 1 amide bonds. The van der Waals surface area contributed by atoms with Crippen LogP contribution in [-0.2, 0) is 14.3 Å². The number of carbonyl (C=O) groups excluding carboxylic acids is 2. The molecule has 1 N–H and O–H groups in total. The van der Waals surface area contributed by atoms with Gasteiger partial charge in [0.25, 0.3) is 0 Å². The number of aliphatic hydroxyl groups excluding tert-OH is 1. The van der Waals surface area contributed by atoms with Crippen molar-refractivity contribution in [3.05, 3.63) is 0 Å². The van der Waals surface area contributed by atoms with E-state index in [9.17, 15) is 9.59 Å². The first kappa shape index (κ1) is 15.8. The molecule has 6 heteroatoms. The van der Waals surface area contributed by atoms with Gasteiger partial charge >= 0.3 is 12.1 Å². The number of ether oxygens (including phenoxy) is 2. The molecule has 19 heavy (non-hydrogen) atoms. The van der Waals surface area contributed by atoms with Gasteiger partial charge < -0.3 is 19.5 Å². The van der Waals surface area contributed by atoms with Crippen molar-refractivity contribution in [3.8, 4) is 0 Å². The summed E-state index contributed by atoms with van der Waals surface area (Å²) in [6.45, 7) is 7.53. The molecule has 0 aromatic heterocycles. The van der Waals surface area contributed by atoms with E-state index in [1.807, 2.05) is 20.8 Å². The molecule has 1 aliphatic rings. The van der Waals surface area contributed by atoms with Crippen molar-refractivity contribution in [2.45, 2.75) is 46.1 Å². The van der Waals surface area contributed by atoms with Crippen LogP contribution in [0.15, 0.2) is 0 Å². The lowest BCUT2D eigenvalue weighted by atomic mass is 9.80. The number of esters is 1. The smallest absolute Gasteiger partial charge is 0.410 e. The monoisotopic (exact) mass is 273 g/mol. The molecule has 0 aromatic carbocycles. The van der Waals surface area contributed by atoms with Crippen LogP contribution in [0.25, 0.3) is 0 Å². The molecule has 110 valence electrons. The summed E-state index contributed by atoms with van der Waals surface area (Å²) in [5.74, 6) is -0.418. The normalized spacial score (nSPS) is 18.9. The fourth-order valence-electron chi connectivity index (χ4n) is 1.95. The fraction of sp³-hybridized carbons (Fsp3) is 0.846. The first-order chi connectivity index (χ1) is 8.68. The average Bonchev–Trinajstić information content (AvgIpc) is 2.27. The van der Waals surface area contributed by atoms with Crippen molar-refractivity contribution >= 4 is 12.1 Å². The van der Waals surface area contributed by atoms with E-state index in [1.54, 1.807) is 11.8 Å². The highest BCUT2D eigenvalue weighted by atomic mass is 16.6. The Labute approximate surface area is 113 Å². The molecule has 1 saturated heterocycles. The lowest BCUT2D eigenvalue weighted by Crippen LogP contribution is -2.47. The van der Waals surface area contributed by atoms with Crippen molar-refractivity contribution in [1.29, 1.82) is 0 Å². The van der Waals surface area contributed by atoms with Crippen LogP contribution >= 0.6 is 0 Å². The highest BCUT2D eigenvalue weighted by Gasteiger charge is 2.40. The van der Waals surface area contributed by atoms with E-state index in [-0.39, 0.29) is 6.09 Å². The van der Waals surface area contributed by atoms with E-state index in [0.717, 1.165) is 0 Å². The average molecular weight is 273 g/mol. The first-order valence-electron chi connectivity index (χ1n) is 6.44. The standard InChI is InChI=1S/C13H23NO5/c1-12(2,3)19-11(17)14-7-5-13(4,6-8-14)10(16)18-9-15/h15H,5-9H2,1-4H3. The van der Waals surface area contributed by atoms with Gasteiger partial charge in [0.05, 0.1) is 5.41 Å². The van der Waals surface area contributed by atoms with Gasteiger partial charge in [-0.1, -0.05) is 0 Å². The van der Waals surface area contributed by atoms with Crippen LogP contribution in [0.1, 0.15) is 40.5 Å². The molecule has 0 saturated carbocycles. The molecule has 1 heterocycles. The second-order valence-corrected chi connectivity index (χ2v) is 6.09. The number of amides is 1. The van der Waals surface area contributed by atoms with E-state index in [2.05, 4.69) is 4.74 Å². The summed E-state index contributed by atoms with van der Waals surface area (Å²) < 4.78 is 9.93. The summed E-state index contributed by atoms with van der Waals surface area (Å²) in [5.41, 5.74) is -1.16. The zero-order valence-electron chi connectivity index (χ0n) is 12.1. The maximum atomic E-state index is 11.9. The molecule has 1 fully saturated rings. The highest BCUT2D eigenvalue weighted by Crippen LogP contribution is 2.32. The van der Waals surface area contributed by atoms with E-state index >= 15 is 0 Å². The van der Waals surface area contributed by atoms with Gasteiger partial charge in [0, 0.05) is 13.1 Å². The Bertz CT molecular complexity index is 339. The molecule has 0 radical (unpaired) electrons. The number of piperidine rings is 1. The maximum Gasteiger partial charge on any atom is 0.410 e. The Morgan fingerprint density at radius 2 is 1.79 bits per heavy atom. The van der Waals surface area contributed by atoms with Crippen molar-refractivity contribution in [2.75, 3.05) is 19.9 Å². The van der Waals surface area contributed by atoms with Crippen LogP contribution in [0, 0.1) is 5.41 Å². The van der Waals surface area contributed by atoms with Crippen molar-refractivity contribution in [2.24, 2.45) is 5.41 Å². The number of carbonyl (C=O) groups is 2. The van der Waals surface area contributed by atoms with Crippen LogP contribution in [0.4, 0.5) is 4.79 Å². The molecule has 0 atom stereocenters. The third-order valence-electron chi connectivity index (χ3n) is 3.21. The first-order valence-corrected chi connectivity index (χ1v) is 6.44. The lowest BCUT2D eigenvalue weighted by Gasteiger charge is -2.37. The molecule has 0 bridgehead atoms. The Hall–Kier alpha value is -1.30. The number of hydrogen-bond acceptors (Lipinski definition) is 5. The minimum atomic E-state index is -0.638. The van der Waals surface area contributed by atoms with E-state index in [0.29, 0.717) is 25.9 Å². The van der Waals surface area contributed by atoms with E-state index in [4.69, 9.17) is 9.84 Å². The molecule has 1 aliphatic heterocycles. The van der Waals surface area contributed by atoms with Crippen LogP contribution in [-0.4, -0.2) is 47.6 Å². The second-order valence-electron chi connectivity index (χ2n) is 6.09. The maximum absolute atomic E-state index is 11.9. The van der Waals surface area contributed by atoms with Crippen LogP contribution < -0.4 is 0 Å². The molecular weight excluding hydrogens is 250 g/mol. The van der Waals surface area contributed by atoms with Gasteiger partial charge in [-0.25, -0.2) is 4.79 Å². The number of nitrogens with zero attached hydrogens (tertiary/aromatic N) is 1. The van der Waals surface area contributed by atoms with Gasteiger partial charge in [0.2, 0.25) is 0 Å². The minimum Gasteiger partial charge on any atom is -0.444 e. The van der Waals surface area contributed by atoms with Gasteiger partial charge in [-0.3, -0.25) is 4.79 Å². The molecule has 0 aliphatic carbocycles. The van der Waals surface area contributed by atoms with E-state index in [1.165, 1.54) is 0 Å². The van der Waals surface area contributed by atoms with Gasteiger partial charge in [-0.15, -0.1) is 0 Å². The van der Waals surface area contributed by atoms with Gasteiger partial charge in [0.1, 0.15) is 5.60 Å². The molecule has 0 spiro atoms. The molecule has 1 rings (SSSR count). The molecule has 0 unspecified atom stereocenters. The van der Waals surface area contributed by atoms with Crippen molar-refractivity contribution in [3.63, 3.8) is 0 Å². The van der Waals surface area contributed by atoms with E-state index < -0.39 is 23.8 Å². The fourth-order valence-corrected chi connectivity index (χ4v) is 1.95. The molecule has 6 nitrogen and oxygen atoms in total. The molecular formula is C13H23NO5. The van der Waals surface area contributed by atoms with Crippen LogP contribution in [0.3, 0.4) is 0 Å². The van der Waals surface area contributed by atoms with Crippen LogP contribution in [0.5, 0.6) is 0 Å². The Kier molecular flexibility index (Phi) is 4.79. The third-order valence-corrected chi connectivity index (χ3v) is 3.21. The third kappa shape index (κ3) is 4.38. The summed E-state index contributed by atoms with van der Waals surface area (Å²) >= 11 is 0. The number of aliphatic hydroxyl groups is 1. The zero-order valence-corrected chi connectivity index (χ0v) is 12.1. The summed E-state index contributed by atoms with van der Waals surface area (Å²) in [6, 6.07) is 0. The Morgan fingerprint density at radius 3 is 2.21 bits per heavy atom. The highest BCUT2D eigenvalue weighted by molar-refractivity contribution is 5.77. The number of rotatable bonds is 2. The number of hydrogen-bond donors (Lipinski definition) is 1. The predicted octanol–water partition coefficient (Wildman–Crippen LogP) is 1.52. The van der Waals surface area contributed by atoms with Crippen molar-refractivity contribution < 1.29 is 24.2 Å². The summed E-state index contributed by atoms with van der Waals surface area (Å²) in [4.78, 5) is 25.2. The predicted molar refractivity (Wildman–Crippen MR) is 68.3 cm³/mol. The van der Waals surface area contributed by atoms with Gasteiger partial charge in [-0.2, -0.15) is 0 Å².